The largest absolute Gasteiger partial charge is 0.481 e. The lowest BCUT2D eigenvalue weighted by molar-refractivity contribution is -0.143. The Labute approximate surface area is 187 Å². The first-order chi connectivity index (χ1) is 15.4. The molecule has 7 heteroatoms. The van der Waals surface area contributed by atoms with Crippen molar-refractivity contribution in [1.82, 2.24) is 10.6 Å². The lowest BCUT2D eigenvalue weighted by Crippen LogP contribution is -2.48. The van der Waals surface area contributed by atoms with Gasteiger partial charge in [-0.25, -0.2) is 4.79 Å². The summed E-state index contributed by atoms with van der Waals surface area (Å²) in [4.78, 5) is 36.4. The van der Waals surface area contributed by atoms with Crippen molar-refractivity contribution in [2.24, 2.45) is 5.41 Å². The Morgan fingerprint density at radius 2 is 1.66 bits per heavy atom. The molecule has 1 saturated carbocycles. The second-order valence-corrected chi connectivity index (χ2v) is 8.61. The average Bonchev–Trinajstić information content (AvgIpc) is 3.53. The number of aliphatic carboxylic acids is 1. The van der Waals surface area contributed by atoms with Crippen molar-refractivity contribution in [3.05, 3.63) is 59.7 Å². The van der Waals surface area contributed by atoms with Gasteiger partial charge in [-0.15, -0.1) is 0 Å². The van der Waals surface area contributed by atoms with Crippen LogP contribution in [0.5, 0.6) is 0 Å². The van der Waals surface area contributed by atoms with Gasteiger partial charge in [0.1, 0.15) is 12.6 Å². The van der Waals surface area contributed by atoms with Crippen molar-refractivity contribution >= 4 is 18.0 Å². The molecule has 0 spiro atoms. The maximum Gasteiger partial charge on any atom is 0.407 e. The number of hydrogen-bond acceptors (Lipinski definition) is 4. The Hall–Kier alpha value is -3.35. The minimum Gasteiger partial charge on any atom is -0.481 e. The first-order valence-electron chi connectivity index (χ1n) is 11.1. The van der Waals surface area contributed by atoms with Crippen LogP contribution >= 0.6 is 0 Å². The van der Waals surface area contributed by atoms with Crippen LogP contribution in [0.3, 0.4) is 0 Å². The number of alkyl carbamates (subject to hydrolysis) is 1. The minimum atomic E-state index is -0.894. The second-order valence-electron chi connectivity index (χ2n) is 8.61. The number of nitrogens with one attached hydrogen (secondary N) is 2. The summed E-state index contributed by atoms with van der Waals surface area (Å²) in [6.45, 7) is 2.16. The van der Waals surface area contributed by atoms with E-state index < -0.39 is 23.5 Å². The number of carbonyl (C=O) groups is 3. The van der Waals surface area contributed by atoms with Gasteiger partial charge in [0.25, 0.3) is 0 Å². The number of carbonyl (C=O) groups excluding carboxylic acids is 2. The molecule has 2 aliphatic rings. The van der Waals surface area contributed by atoms with E-state index in [1.165, 1.54) is 0 Å². The van der Waals surface area contributed by atoms with Crippen molar-refractivity contribution in [3.63, 3.8) is 0 Å². The third kappa shape index (κ3) is 4.33. The van der Waals surface area contributed by atoms with E-state index in [1.807, 2.05) is 43.3 Å². The molecule has 0 bridgehead atoms. The van der Waals surface area contributed by atoms with Crippen molar-refractivity contribution in [2.75, 3.05) is 13.2 Å². The Morgan fingerprint density at radius 3 is 2.19 bits per heavy atom. The highest BCUT2D eigenvalue weighted by atomic mass is 16.5. The maximum absolute atomic E-state index is 12.6. The number of ether oxygens (including phenoxy) is 1. The topological polar surface area (TPSA) is 105 Å². The van der Waals surface area contributed by atoms with Crippen LogP contribution < -0.4 is 10.6 Å². The van der Waals surface area contributed by atoms with Crippen molar-refractivity contribution in [2.45, 2.75) is 44.6 Å². The Morgan fingerprint density at radius 1 is 1.06 bits per heavy atom. The van der Waals surface area contributed by atoms with Crippen molar-refractivity contribution in [3.8, 4) is 11.1 Å². The molecule has 0 radical (unpaired) electrons. The molecule has 32 heavy (non-hydrogen) atoms. The predicted molar refractivity (Wildman–Crippen MR) is 119 cm³/mol. The SMILES string of the molecule is CCC[C@H](NC(=O)OCC1c2ccccc2-c2ccccc21)C(=O)NCC1(C(=O)O)CC1. The molecule has 0 unspecified atom stereocenters. The highest BCUT2D eigenvalue weighted by molar-refractivity contribution is 5.87. The zero-order chi connectivity index (χ0) is 22.7. The minimum absolute atomic E-state index is 0.0584. The van der Waals surface area contributed by atoms with Gasteiger partial charge >= 0.3 is 12.1 Å². The van der Waals surface area contributed by atoms with Gasteiger partial charge in [-0.3, -0.25) is 9.59 Å². The molecule has 3 N–H and O–H groups in total. The zero-order valence-electron chi connectivity index (χ0n) is 18.1. The van der Waals surface area contributed by atoms with Crippen LogP contribution in [-0.4, -0.2) is 42.3 Å². The smallest absolute Gasteiger partial charge is 0.407 e. The molecule has 0 saturated heterocycles. The Bertz CT molecular complexity index is 985. The van der Waals surface area contributed by atoms with Crippen LogP contribution in [0.15, 0.2) is 48.5 Å². The first-order valence-corrected chi connectivity index (χ1v) is 11.1. The fourth-order valence-electron chi connectivity index (χ4n) is 4.34. The van der Waals surface area contributed by atoms with Gasteiger partial charge in [0.2, 0.25) is 5.91 Å². The number of hydrogen-bond donors (Lipinski definition) is 3. The van der Waals surface area contributed by atoms with Crippen LogP contribution in [0.4, 0.5) is 4.79 Å². The van der Waals surface area contributed by atoms with Gasteiger partial charge in [-0.1, -0.05) is 61.9 Å². The standard InChI is InChI=1S/C25H28N2O5/c1-2-7-21(22(28)26-15-25(12-13-25)23(29)30)27-24(31)32-14-20-18-10-5-3-8-16(18)17-9-4-6-11-19(17)20/h3-6,8-11,20-21H,2,7,12-15H2,1H3,(H,26,28)(H,27,31)(H,29,30)/t21-/m0/s1. The van der Waals surface area contributed by atoms with E-state index in [-0.39, 0.29) is 25.0 Å². The van der Waals surface area contributed by atoms with E-state index in [2.05, 4.69) is 22.8 Å². The van der Waals surface area contributed by atoms with Crippen molar-refractivity contribution < 1.29 is 24.2 Å². The molecule has 2 amide bonds. The molecule has 168 valence electrons. The van der Waals surface area contributed by atoms with Crippen molar-refractivity contribution in [1.29, 1.82) is 0 Å². The number of carboxylic acids is 1. The monoisotopic (exact) mass is 436 g/mol. The second kappa shape index (κ2) is 9.02. The molecule has 0 aliphatic heterocycles. The molecule has 2 aromatic carbocycles. The molecule has 0 aromatic heterocycles. The Balaban J connectivity index is 1.36. The van der Waals surface area contributed by atoms with Gasteiger partial charge in [0, 0.05) is 12.5 Å². The molecule has 0 heterocycles. The highest BCUT2D eigenvalue weighted by Crippen LogP contribution is 2.45. The average molecular weight is 437 g/mol. The zero-order valence-corrected chi connectivity index (χ0v) is 18.1. The van der Waals surface area contributed by atoms with E-state index >= 15 is 0 Å². The van der Waals surface area contributed by atoms with E-state index in [4.69, 9.17) is 4.74 Å². The Kier molecular flexibility index (Phi) is 6.17. The third-order valence-electron chi connectivity index (χ3n) is 6.44. The van der Waals surface area contributed by atoms with Crippen LogP contribution in [0.1, 0.15) is 49.7 Å². The molecule has 1 fully saturated rings. The number of fused-ring (bicyclic) bond motifs is 3. The van der Waals surface area contributed by atoms with Gasteiger partial charge in [0.05, 0.1) is 5.41 Å². The summed E-state index contributed by atoms with van der Waals surface area (Å²) >= 11 is 0. The lowest BCUT2D eigenvalue weighted by atomic mass is 9.98. The summed E-state index contributed by atoms with van der Waals surface area (Å²) in [5.41, 5.74) is 3.68. The molecule has 1 atom stereocenters. The predicted octanol–water partition coefficient (Wildman–Crippen LogP) is 3.67. The maximum atomic E-state index is 12.6. The van der Waals surface area contributed by atoms with Gasteiger partial charge in [0.15, 0.2) is 0 Å². The van der Waals surface area contributed by atoms with Crippen LogP contribution in [-0.2, 0) is 14.3 Å². The van der Waals surface area contributed by atoms with Gasteiger partial charge in [-0.05, 0) is 41.5 Å². The van der Waals surface area contributed by atoms with Gasteiger partial charge in [-0.2, -0.15) is 0 Å². The number of amides is 2. The quantitative estimate of drug-likeness (QED) is 0.556. The van der Waals surface area contributed by atoms with Gasteiger partial charge < -0.3 is 20.5 Å². The fraction of sp³-hybridized carbons (Fsp3) is 0.400. The van der Waals surface area contributed by atoms with Crippen LogP contribution in [0, 0.1) is 5.41 Å². The third-order valence-corrected chi connectivity index (χ3v) is 6.44. The van der Waals surface area contributed by atoms with E-state index in [0.717, 1.165) is 22.3 Å². The molecule has 4 rings (SSSR count). The number of benzene rings is 2. The normalized spacial score (nSPS) is 16.4. The fourth-order valence-corrected chi connectivity index (χ4v) is 4.34. The summed E-state index contributed by atoms with van der Waals surface area (Å²) in [5, 5.41) is 14.6. The summed E-state index contributed by atoms with van der Waals surface area (Å²) in [5.74, 6) is -1.33. The molecular formula is C25H28N2O5. The molecule has 2 aromatic rings. The first kappa shape index (κ1) is 21.9. The van der Waals surface area contributed by atoms with Crippen LogP contribution in [0.25, 0.3) is 11.1 Å². The summed E-state index contributed by atoms with van der Waals surface area (Å²) in [6.07, 6.45) is 1.59. The summed E-state index contributed by atoms with van der Waals surface area (Å²) in [6, 6.07) is 15.4. The molecular weight excluding hydrogens is 408 g/mol. The number of rotatable bonds is 9. The highest BCUT2D eigenvalue weighted by Gasteiger charge is 2.50. The lowest BCUT2D eigenvalue weighted by Gasteiger charge is -2.20. The van der Waals surface area contributed by atoms with E-state index in [1.54, 1.807) is 0 Å². The summed E-state index contributed by atoms with van der Waals surface area (Å²) < 4.78 is 5.54. The number of carboxylic acid groups (broad SMARTS) is 1. The van der Waals surface area contributed by atoms with E-state index in [9.17, 15) is 19.5 Å². The van der Waals surface area contributed by atoms with E-state index in [0.29, 0.717) is 25.7 Å². The van der Waals surface area contributed by atoms with Crippen LogP contribution in [0.2, 0.25) is 0 Å². The molecule has 7 nitrogen and oxygen atoms in total. The molecule has 2 aliphatic carbocycles. The summed E-state index contributed by atoms with van der Waals surface area (Å²) in [7, 11) is 0.